The molecule has 0 bridgehead atoms. The highest BCUT2D eigenvalue weighted by atomic mass is 16.5. The molecule has 0 aliphatic rings. The molecule has 88 valence electrons. The predicted octanol–water partition coefficient (Wildman–Crippen LogP) is 1.04. The van der Waals surface area contributed by atoms with Crippen LogP contribution in [0, 0.1) is 0 Å². The van der Waals surface area contributed by atoms with Gasteiger partial charge in [-0.3, -0.25) is 0 Å². The third kappa shape index (κ3) is 3.00. The minimum Gasteiger partial charge on any atom is -0.493 e. The monoisotopic (exact) mass is 232 g/mol. The second-order valence-corrected chi connectivity index (χ2v) is 3.08. The Morgan fingerprint density at radius 2 is 2.35 bits per heavy atom. The van der Waals surface area contributed by atoms with Gasteiger partial charge in [0.15, 0.2) is 0 Å². The summed E-state index contributed by atoms with van der Waals surface area (Å²) in [6.07, 6.45) is 1.64. The lowest BCUT2D eigenvalue weighted by Crippen LogP contribution is -1.97. The molecule has 2 aromatic rings. The van der Waals surface area contributed by atoms with Gasteiger partial charge in [0.25, 0.3) is 5.95 Å². The van der Waals surface area contributed by atoms with E-state index in [1.165, 1.54) is 0 Å². The maximum Gasteiger partial charge on any atom is 0.283 e. The summed E-state index contributed by atoms with van der Waals surface area (Å²) in [4.78, 5) is 0. The first kappa shape index (κ1) is 11.1. The lowest BCUT2D eigenvalue weighted by molar-refractivity contribution is 0.340. The summed E-state index contributed by atoms with van der Waals surface area (Å²) in [5.74, 6) is 1.10. The number of para-hydroxylation sites is 1. The zero-order valence-corrected chi connectivity index (χ0v) is 9.29. The molecular formula is C10H12N6O. The van der Waals surface area contributed by atoms with Gasteiger partial charge in [-0.1, -0.05) is 17.2 Å². The number of aromatic amines is 1. The van der Waals surface area contributed by atoms with Crippen molar-refractivity contribution in [2.24, 2.45) is 5.10 Å². The minimum atomic E-state index is 0.315. The van der Waals surface area contributed by atoms with Crippen molar-refractivity contribution >= 4 is 12.2 Å². The molecule has 0 aliphatic carbocycles. The van der Waals surface area contributed by atoms with Crippen molar-refractivity contribution in [3.05, 3.63) is 29.8 Å². The first-order valence-corrected chi connectivity index (χ1v) is 5.14. The molecule has 7 nitrogen and oxygen atoms in total. The van der Waals surface area contributed by atoms with Gasteiger partial charge in [-0.15, -0.1) is 5.10 Å². The molecule has 0 fully saturated rings. The van der Waals surface area contributed by atoms with Crippen LogP contribution in [0.2, 0.25) is 0 Å². The summed E-state index contributed by atoms with van der Waals surface area (Å²) < 4.78 is 5.46. The Hall–Kier alpha value is -2.44. The second kappa shape index (κ2) is 5.59. The number of anilines is 1. The Morgan fingerprint density at radius 1 is 1.47 bits per heavy atom. The van der Waals surface area contributed by atoms with Crippen LogP contribution in [0.3, 0.4) is 0 Å². The number of tetrazole rings is 1. The van der Waals surface area contributed by atoms with Crippen LogP contribution in [0.5, 0.6) is 5.75 Å². The van der Waals surface area contributed by atoms with Gasteiger partial charge in [-0.25, -0.2) is 5.43 Å². The number of benzene rings is 1. The van der Waals surface area contributed by atoms with E-state index in [1.807, 2.05) is 31.2 Å². The molecule has 2 rings (SSSR count). The van der Waals surface area contributed by atoms with Crippen molar-refractivity contribution in [1.82, 2.24) is 20.6 Å². The Morgan fingerprint density at radius 3 is 3.12 bits per heavy atom. The molecule has 7 heteroatoms. The average molecular weight is 232 g/mol. The van der Waals surface area contributed by atoms with Crippen LogP contribution in [0.25, 0.3) is 0 Å². The highest BCUT2D eigenvalue weighted by molar-refractivity contribution is 5.83. The van der Waals surface area contributed by atoms with E-state index >= 15 is 0 Å². The Labute approximate surface area is 97.9 Å². The zero-order chi connectivity index (χ0) is 11.9. The standard InChI is InChI=1S/C10H12N6O/c1-2-17-9-6-4-3-5-8(9)7-11-12-10-13-15-16-14-10/h3-7H,2H2,1H3,(H2,12,13,14,15,16). The van der Waals surface area contributed by atoms with E-state index in [9.17, 15) is 0 Å². The van der Waals surface area contributed by atoms with E-state index in [0.717, 1.165) is 11.3 Å². The van der Waals surface area contributed by atoms with Crippen LogP contribution in [0.1, 0.15) is 12.5 Å². The molecule has 0 amide bonds. The largest absolute Gasteiger partial charge is 0.493 e. The lowest BCUT2D eigenvalue weighted by atomic mass is 10.2. The van der Waals surface area contributed by atoms with Crippen molar-refractivity contribution in [3.63, 3.8) is 0 Å². The van der Waals surface area contributed by atoms with Gasteiger partial charge in [0.05, 0.1) is 12.8 Å². The number of H-pyrrole nitrogens is 1. The summed E-state index contributed by atoms with van der Waals surface area (Å²) in [5.41, 5.74) is 3.52. The first-order valence-electron chi connectivity index (χ1n) is 5.14. The number of nitrogens with one attached hydrogen (secondary N) is 2. The normalized spacial score (nSPS) is 10.6. The number of ether oxygens (including phenoxy) is 1. The molecule has 0 aliphatic heterocycles. The van der Waals surface area contributed by atoms with Gasteiger partial charge in [0, 0.05) is 5.56 Å². The van der Waals surface area contributed by atoms with Gasteiger partial charge in [0.2, 0.25) is 0 Å². The molecule has 0 atom stereocenters. The highest BCUT2D eigenvalue weighted by Gasteiger charge is 1.99. The minimum absolute atomic E-state index is 0.315. The van der Waals surface area contributed by atoms with E-state index in [2.05, 4.69) is 31.2 Å². The SMILES string of the molecule is CCOc1ccccc1C=NNc1nn[nH]n1. The molecule has 0 spiro atoms. The van der Waals surface area contributed by atoms with Crippen molar-refractivity contribution in [2.45, 2.75) is 6.92 Å². The fraction of sp³-hybridized carbons (Fsp3) is 0.200. The van der Waals surface area contributed by atoms with Crippen LogP contribution in [-0.4, -0.2) is 33.4 Å². The third-order valence-electron chi connectivity index (χ3n) is 1.93. The van der Waals surface area contributed by atoms with Gasteiger partial charge in [-0.05, 0) is 24.3 Å². The quantitative estimate of drug-likeness (QED) is 0.594. The van der Waals surface area contributed by atoms with Gasteiger partial charge < -0.3 is 4.74 Å². The number of aromatic nitrogens is 4. The molecule has 1 aromatic heterocycles. The number of hydrogen-bond acceptors (Lipinski definition) is 6. The Kier molecular flexibility index (Phi) is 3.64. The molecule has 0 saturated heterocycles. The lowest BCUT2D eigenvalue weighted by Gasteiger charge is -2.05. The summed E-state index contributed by atoms with van der Waals surface area (Å²) in [6.45, 7) is 2.55. The van der Waals surface area contributed by atoms with E-state index in [0.29, 0.717) is 12.6 Å². The fourth-order valence-corrected chi connectivity index (χ4v) is 1.24. The van der Waals surface area contributed by atoms with E-state index < -0.39 is 0 Å². The predicted molar refractivity (Wildman–Crippen MR) is 63.0 cm³/mol. The zero-order valence-electron chi connectivity index (χ0n) is 9.29. The molecule has 1 heterocycles. The van der Waals surface area contributed by atoms with Crippen LogP contribution < -0.4 is 10.2 Å². The maximum absolute atomic E-state index is 5.46. The highest BCUT2D eigenvalue weighted by Crippen LogP contribution is 2.15. The summed E-state index contributed by atoms with van der Waals surface area (Å²) >= 11 is 0. The number of nitrogens with zero attached hydrogens (tertiary/aromatic N) is 4. The van der Waals surface area contributed by atoms with Crippen LogP contribution in [0.4, 0.5) is 5.95 Å². The van der Waals surface area contributed by atoms with Crippen LogP contribution in [0.15, 0.2) is 29.4 Å². The second-order valence-electron chi connectivity index (χ2n) is 3.08. The summed E-state index contributed by atoms with van der Waals surface area (Å²) in [5, 5.41) is 17.1. The molecular weight excluding hydrogens is 220 g/mol. The fourth-order valence-electron chi connectivity index (χ4n) is 1.24. The summed E-state index contributed by atoms with van der Waals surface area (Å²) in [6, 6.07) is 7.62. The van der Waals surface area contributed by atoms with Gasteiger partial charge in [0.1, 0.15) is 5.75 Å². The topological polar surface area (TPSA) is 88.1 Å². The molecule has 1 aromatic carbocycles. The maximum atomic E-state index is 5.46. The van der Waals surface area contributed by atoms with Crippen molar-refractivity contribution < 1.29 is 4.74 Å². The molecule has 17 heavy (non-hydrogen) atoms. The molecule has 0 unspecified atom stereocenters. The van der Waals surface area contributed by atoms with Gasteiger partial charge in [-0.2, -0.15) is 10.3 Å². The summed E-state index contributed by atoms with van der Waals surface area (Å²) in [7, 11) is 0. The van der Waals surface area contributed by atoms with E-state index in [-0.39, 0.29) is 0 Å². The van der Waals surface area contributed by atoms with Crippen molar-refractivity contribution in [2.75, 3.05) is 12.0 Å². The average Bonchev–Trinajstić information content (AvgIpc) is 2.85. The molecule has 2 N–H and O–H groups in total. The smallest absolute Gasteiger partial charge is 0.283 e. The van der Waals surface area contributed by atoms with Gasteiger partial charge >= 0.3 is 0 Å². The van der Waals surface area contributed by atoms with Crippen LogP contribution >= 0.6 is 0 Å². The van der Waals surface area contributed by atoms with Crippen molar-refractivity contribution in [3.8, 4) is 5.75 Å². The van der Waals surface area contributed by atoms with E-state index in [4.69, 9.17) is 4.74 Å². The molecule has 0 saturated carbocycles. The van der Waals surface area contributed by atoms with E-state index in [1.54, 1.807) is 6.21 Å². The Balaban J connectivity index is 2.04. The number of rotatable bonds is 5. The molecule has 0 radical (unpaired) electrons. The Bertz CT molecular complexity index is 481. The van der Waals surface area contributed by atoms with Crippen molar-refractivity contribution in [1.29, 1.82) is 0 Å². The number of hydrogen-bond donors (Lipinski definition) is 2. The number of hydrazone groups is 1. The van der Waals surface area contributed by atoms with Crippen LogP contribution in [-0.2, 0) is 0 Å². The first-order chi connectivity index (χ1) is 8.40. The third-order valence-corrected chi connectivity index (χ3v) is 1.93.